The summed E-state index contributed by atoms with van der Waals surface area (Å²) in [4.78, 5) is 19.7. The van der Waals surface area contributed by atoms with E-state index in [4.69, 9.17) is 21.3 Å². The minimum atomic E-state index is -0.596. The summed E-state index contributed by atoms with van der Waals surface area (Å²) < 4.78 is 6.99. The summed E-state index contributed by atoms with van der Waals surface area (Å²) >= 11 is 1.34. The summed E-state index contributed by atoms with van der Waals surface area (Å²) in [6, 6.07) is 0. The molecule has 1 amide bonds. The van der Waals surface area contributed by atoms with Crippen molar-refractivity contribution in [3.63, 3.8) is 0 Å². The van der Waals surface area contributed by atoms with Crippen molar-refractivity contribution in [3.8, 4) is 0 Å². The number of carbonyl (C=O) groups excluding carboxylic acids is 1. The zero-order valence-corrected chi connectivity index (χ0v) is 11.7. The quantitative estimate of drug-likeness (QED) is 0.497. The van der Waals surface area contributed by atoms with Gasteiger partial charge in [-0.15, -0.1) is 11.8 Å². The Labute approximate surface area is 119 Å². The summed E-state index contributed by atoms with van der Waals surface area (Å²) in [7, 11) is 0. The van der Waals surface area contributed by atoms with Crippen molar-refractivity contribution in [3.05, 3.63) is 11.9 Å². The van der Waals surface area contributed by atoms with Crippen LogP contribution in [0, 0.1) is 0 Å². The van der Waals surface area contributed by atoms with Gasteiger partial charge in [-0.25, -0.2) is 9.97 Å². The number of rotatable bonds is 6. The fraction of sp³-hybridized carbons (Fsp3) is 0.364. The Kier molecular flexibility index (Phi) is 4.42. The summed E-state index contributed by atoms with van der Waals surface area (Å²) in [6.45, 7) is 0.227. The van der Waals surface area contributed by atoms with Gasteiger partial charge in [0, 0.05) is 0 Å². The molecule has 5 N–H and O–H groups in total. The topological polar surface area (TPSA) is 129 Å². The van der Waals surface area contributed by atoms with E-state index in [1.54, 1.807) is 4.57 Å². The summed E-state index contributed by atoms with van der Waals surface area (Å²) in [5.41, 5.74) is 12.0. The van der Waals surface area contributed by atoms with Crippen LogP contribution in [0.1, 0.15) is 10.4 Å². The van der Waals surface area contributed by atoms with Crippen molar-refractivity contribution in [2.24, 2.45) is 5.73 Å². The minimum Gasteiger partial charge on any atom is -0.394 e. The summed E-state index contributed by atoms with van der Waals surface area (Å²) in [5, 5.41) is 9.80. The second-order valence-corrected chi connectivity index (χ2v) is 4.69. The van der Waals surface area contributed by atoms with Gasteiger partial charge >= 0.3 is 0 Å². The molecule has 2 aromatic heterocycles. The van der Waals surface area contributed by atoms with E-state index >= 15 is 0 Å². The van der Waals surface area contributed by atoms with E-state index in [2.05, 4.69) is 9.97 Å². The molecule has 0 bridgehead atoms. The average Bonchev–Trinajstić information content (AvgIpc) is 2.74. The number of nitrogens with zero attached hydrogens (tertiary/aromatic N) is 3. The third-order valence-corrected chi connectivity index (χ3v) is 3.53. The third kappa shape index (κ3) is 2.42. The van der Waals surface area contributed by atoms with E-state index in [1.165, 1.54) is 18.1 Å². The first-order valence-corrected chi connectivity index (χ1v) is 6.99. The molecule has 0 unspecified atom stereocenters. The molecule has 0 aliphatic rings. The summed E-state index contributed by atoms with van der Waals surface area (Å²) in [6.07, 6.45) is 3.13. The number of fused-ring (bicyclic) bond motifs is 1. The molecule has 0 saturated carbocycles. The van der Waals surface area contributed by atoms with Crippen LogP contribution in [0.2, 0.25) is 0 Å². The van der Waals surface area contributed by atoms with Crippen LogP contribution in [0.5, 0.6) is 0 Å². The van der Waals surface area contributed by atoms with Gasteiger partial charge in [0.15, 0.2) is 0 Å². The fourth-order valence-electron chi connectivity index (χ4n) is 1.95. The molecule has 2 heterocycles. The Hall–Kier alpha value is -1.84. The molecule has 8 nitrogen and oxygen atoms in total. The van der Waals surface area contributed by atoms with E-state index in [9.17, 15) is 4.79 Å². The number of aliphatic hydroxyl groups is 1. The first-order valence-electron chi connectivity index (χ1n) is 5.76. The van der Waals surface area contributed by atoms with Crippen molar-refractivity contribution in [2.45, 2.75) is 11.8 Å². The highest BCUT2D eigenvalue weighted by molar-refractivity contribution is 7.98. The van der Waals surface area contributed by atoms with Gasteiger partial charge in [-0.2, -0.15) is 0 Å². The molecular weight excluding hydrogens is 282 g/mol. The molecule has 0 atom stereocenters. The van der Waals surface area contributed by atoms with Crippen molar-refractivity contribution >= 4 is 34.5 Å². The van der Waals surface area contributed by atoms with Crippen LogP contribution in [0.3, 0.4) is 0 Å². The molecule has 0 spiro atoms. The van der Waals surface area contributed by atoms with Gasteiger partial charge in [0.25, 0.3) is 5.91 Å². The largest absolute Gasteiger partial charge is 0.394 e. The predicted molar refractivity (Wildman–Crippen MR) is 75.3 cm³/mol. The summed E-state index contributed by atoms with van der Waals surface area (Å²) in [5.74, 6) is -0.401. The molecule has 2 rings (SSSR count). The molecule has 0 saturated heterocycles. The standard InChI is InChI=1S/C11H15N5O3S/c1-20-11-7(9(13)18)6-8(12)14-4-15-10(6)16(11)5-19-3-2-17/h4,17H,2-3,5H2,1H3,(H2,13,18)(H2,12,14,15). The highest BCUT2D eigenvalue weighted by Crippen LogP contribution is 2.33. The number of hydrogen-bond donors (Lipinski definition) is 3. The van der Waals surface area contributed by atoms with Gasteiger partial charge < -0.3 is 21.3 Å². The van der Waals surface area contributed by atoms with Gasteiger partial charge in [0.05, 0.1) is 29.2 Å². The van der Waals surface area contributed by atoms with Crippen LogP contribution in [-0.4, -0.2) is 45.0 Å². The van der Waals surface area contributed by atoms with E-state index in [-0.39, 0.29) is 31.3 Å². The Morgan fingerprint density at radius 1 is 1.55 bits per heavy atom. The Bertz CT molecular complexity index is 643. The number of anilines is 1. The number of carbonyl (C=O) groups is 1. The molecule has 2 aromatic rings. The van der Waals surface area contributed by atoms with Crippen LogP contribution >= 0.6 is 11.8 Å². The number of nitrogen functional groups attached to an aromatic ring is 1. The van der Waals surface area contributed by atoms with Gasteiger partial charge in [-0.05, 0) is 6.26 Å². The number of amides is 1. The minimum absolute atomic E-state index is 0.0897. The van der Waals surface area contributed by atoms with E-state index < -0.39 is 5.91 Å². The van der Waals surface area contributed by atoms with Crippen molar-refractivity contribution < 1.29 is 14.6 Å². The van der Waals surface area contributed by atoms with Gasteiger partial charge in [0.2, 0.25) is 0 Å². The smallest absolute Gasteiger partial charge is 0.252 e. The lowest BCUT2D eigenvalue weighted by Crippen LogP contribution is -2.13. The highest BCUT2D eigenvalue weighted by Gasteiger charge is 2.23. The molecular formula is C11H15N5O3S. The number of nitrogens with two attached hydrogens (primary N) is 2. The van der Waals surface area contributed by atoms with E-state index in [0.717, 1.165) is 0 Å². The first kappa shape index (κ1) is 14.6. The SMILES string of the molecule is CSc1c(C(N)=O)c2c(N)ncnc2n1COCCO. The number of aromatic nitrogens is 3. The lowest BCUT2D eigenvalue weighted by molar-refractivity contribution is 0.0463. The molecule has 20 heavy (non-hydrogen) atoms. The third-order valence-electron chi connectivity index (χ3n) is 2.72. The zero-order valence-electron chi connectivity index (χ0n) is 10.9. The first-order chi connectivity index (χ1) is 9.61. The van der Waals surface area contributed by atoms with Crippen molar-refractivity contribution in [1.82, 2.24) is 14.5 Å². The molecule has 0 aliphatic heterocycles. The number of ether oxygens (including phenoxy) is 1. The van der Waals surface area contributed by atoms with Crippen LogP contribution in [-0.2, 0) is 11.5 Å². The molecule has 0 radical (unpaired) electrons. The number of primary amides is 1. The molecule has 0 fully saturated rings. The van der Waals surface area contributed by atoms with Crippen molar-refractivity contribution in [2.75, 3.05) is 25.2 Å². The normalized spacial score (nSPS) is 11.1. The monoisotopic (exact) mass is 297 g/mol. The average molecular weight is 297 g/mol. The second kappa shape index (κ2) is 6.07. The van der Waals surface area contributed by atoms with Gasteiger partial charge in [0.1, 0.15) is 24.5 Å². The molecule has 108 valence electrons. The van der Waals surface area contributed by atoms with Crippen LogP contribution in [0.25, 0.3) is 11.0 Å². The second-order valence-electron chi connectivity index (χ2n) is 3.90. The van der Waals surface area contributed by atoms with Crippen LogP contribution < -0.4 is 11.5 Å². The maximum absolute atomic E-state index is 11.7. The Morgan fingerprint density at radius 2 is 2.30 bits per heavy atom. The number of aliphatic hydroxyl groups excluding tert-OH is 1. The molecule has 9 heteroatoms. The number of hydrogen-bond acceptors (Lipinski definition) is 7. The van der Waals surface area contributed by atoms with Crippen LogP contribution in [0.15, 0.2) is 11.4 Å². The maximum Gasteiger partial charge on any atom is 0.252 e. The zero-order chi connectivity index (χ0) is 14.7. The Balaban J connectivity index is 2.65. The fourth-order valence-corrected chi connectivity index (χ4v) is 2.72. The molecule has 0 aliphatic carbocycles. The van der Waals surface area contributed by atoms with Crippen molar-refractivity contribution in [1.29, 1.82) is 0 Å². The lowest BCUT2D eigenvalue weighted by Gasteiger charge is -2.08. The lowest BCUT2D eigenvalue weighted by atomic mass is 10.2. The van der Waals surface area contributed by atoms with E-state index in [0.29, 0.717) is 16.1 Å². The van der Waals surface area contributed by atoms with Gasteiger partial charge in [-0.1, -0.05) is 0 Å². The van der Waals surface area contributed by atoms with E-state index in [1.807, 2.05) is 6.26 Å². The van der Waals surface area contributed by atoms with Gasteiger partial charge in [-0.3, -0.25) is 9.36 Å². The Morgan fingerprint density at radius 3 is 2.90 bits per heavy atom. The molecule has 0 aromatic carbocycles. The predicted octanol–water partition coefficient (Wildman–Crippen LogP) is -0.199. The van der Waals surface area contributed by atoms with Crippen LogP contribution in [0.4, 0.5) is 5.82 Å². The number of thioether (sulfide) groups is 1. The highest BCUT2D eigenvalue weighted by atomic mass is 32.2. The maximum atomic E-state index is 11.7.